The van der Waals surface area contributed by atoms with Crippen molar-refractivity contribution in [2.45, 2.75) is 49.7 Å². The van der Waals surface area contributed by atoms with Gasteiger partial charge in [0.25, 0.3) is 11.8 Å². The monoisotopic (exact) mass is 690 g/mol. The summed E-state index contributed by atoms with van der Waals surface area (Å²) in [7, 11) is 0. The van der Waals surface area contributed by atoms with Crippen LogP contribution in [0.5, 0.6) is 0 Å². The van der Waals surface area contributed by atoms with Gasteiger partial charge in [-0.25, -0.2) is 18.7 Å². The third-order valence-corrected chi connectivity index (χ3v) is 7.95. The van der Waals surface area contributed by atoms with Crippen molar-refractivity contribution in [2.24, 2.45) is 0 Å². The van der Waals surface area contributed by atoms with E-state index in [0.29, 0.717) is 5.69 Å². The van der Waals surface area contributed by atoms with Crippen LogP contribution in [0.4, 0.5) is 20.4 Å². The maximum Gasteiger partial charge on any atom is 0.252 e. The molecule has 3 amide bonds. The van der Waals surface area contributed by atoms with Crippen molar-refractivity contribution in [3.05, 3.63) is 80.6 Å². The minimum absolute atomic E-state index is 0.0107. The van der Waals surface area contributed by atoms with E-state index < -0.39 is 54.6 Å². The molecule has 41 heavy (non-hydrogen) atoms. The Balaban J connectivity index is 1.61. The highest BCUT2D eigenvalue weighted by Crippen LogP contribution is 2.39. The number of carbonyl (C=O) groups excluding carboxylic acids is 3. The largest absolute Gasteiger partial charge is 0.351 e. The Morgan fingerprint density at radius 1 is 1.20 bits per heavy atom. The number of anilines is 2. The van der Waals surface area contributed by atoms with Gasteiger partial charge in [0.2, 0.25) is 17.8 Å². The van der Waals surface area contributed by atoms with Crippen molar-refractivity contribution in [1.82, 2.24) is 15.3 Å². The molecule has 210 valence electrons. The molecule has 0 radical (unpaired) electrons. The zero-order valence-corrected chi connectivity index (χ0v) is 24.2. The summed E-state index contributed by atoms with van der Waals surface area (Å²) in [6.07, 6.45) is 0.409. The van der Waals surface area contributed by atoms with Gasteiger partial charge in [-0.3, -0.25) is 24.2 Å². The van der Waals surface area contributed by atoms with E-state index in [4.69, 9.17) is 11.6 Å². The third-order valence-electron chi connectivity index (χ3n) is 6.94. The molecule has 1 aliphatic heterocycles. The van der Waals surface area contributed by atoms with E-state index in [9.17, 15) is 28.4 Å². The zero-order valence-electron chi connectivity index (χ0n) is 21.3. The molecular formula is C28H22ClF2IN6O3. The molecule has 0 bridgehead atoms. The predicted octanol–water partition coefficient (Wildman–Crippen LogP) is 4.79. The lowest BCUT2D eigenvalue weighted by molar-refractivity contribution is -0.133. The SMILES string of the molecule is N#Cc1ccnc(N2C(=O)CC[C@H]2C(=O)N(c2cccc(I)c2)[C@H](C(=O)NC2CC(F)(F)C2)c2ccccc2Cl)n1. The van der Waals surface area contributed by atoms with Crippen LogP contribution in [-0.4, -0.2) is 45.7 Å². The maximum absolute atomic E-state index is 14.5. The smallest absolute Gasteiger partial charge is 0.252 e. The lowest BCUT2D eigenvalue weighted by Crippen LogP contribution is -2.56. The van der Waals surface area contributed by atoms with Crippen molar-refractivity contribution in [3.63, 3.8) is 0 Å². The molecule has 1 aromatic heterocycles. The first-order valence-electron chi connectivity index (χ1n) is 12.6. The molecule has 1 N–H and O–H groups in total. The van der Waals surface area contributed by atoms with Crippen molar-refractivity contribution in [1.29, 1.82) is 5.26 Å². The van der Waals surface area contributed by atoms with Gasteiger partial charge in [0.1, 0.15) is 23.8 Å². The third kappa shape index (κ3) is 6.01. The van der Waals surface area contributed by atoms with Gasteiger partial charge in [-0.15, -0.1) is 0 Å². The van der Waals surface area contributed by atoms with E-state index in [0.717, 1.165) is 8.47 Å². The van der Waals surface area contributed by atoms with Gasteiger partial charge in [0.15, 0.2) is 0 Å². The van der Waals surface area contributed by atoms with Crippen LogP contribution in [0.25, 0.3) is 0 Å². The highest BCUT2D eigenvalue weighted by atomic mass is 127. The number of alkyl halides is 2. The van der Waals surface area contributed by atoms with E-state index in [-0.39, 0.29) is 35.1 Å². The van der Waals surface area contributed by atoms with Crippen LogP contribution in [0, 0.1) is 14.9 Å². The van der Waals surface area contributed by atoms with Gasteiger partial charge >= 0.3 is 0 Å². The molecule has 2 fully saturated rings. The zero-order chi connectivity index (χ0) is 29.3. The molecule has 5 rings (SSSR count). The van der Waals surface area contributed by atoms with Crippen LogP contribution in [0.15, 0.2) is 60.8 Å². The van der Waals surface area contributed by atoms with Gasteiger partial charge in [-0.2, -0.15) is 5.26 Å². The molecular weight excluding hydrogens is 669 g/mol. The second-order valence-electron chi connectivity index (χ2n) is 9.75. The summed E-state index contributed by atoms with van der Waals surface area (Å²) in [6, 6.07) is 13.4. The summed E-state index contributed by atoms with van der Waals surface area (Å²) < 4.78 is 28.0. The number of rotatable bonds is 7. The fourth-order valence-corrected chi connectivity index (χ4v) is 5.79. The van der Waals surface area contributed by atoms with E-state index in [1.54, 1.807) is 48.5 Å². The Kier molecular flexibility index (Phi) is 8.19. The summed E-state index contributed by atoms with van der Waals surface area (Å²) >= 11 is 8.62. The summed E-state index contributed by atoms with van der Waals surface area (Å²) in [5.41, 5.74) is 0.636. The van der Waals surface area contributed by atoms with Crippen LogP contribution in [-0.2, 0) is 14.4 Å². The number of amides is 3. The molecule has 3 aromatic rings. The average Bonchev–Trinajstić information content (AvgIpc) is 3.32. The summed E-state index contributed by atoms with van der Waals surface area (Å²) in [6.45, 7) is 0. The van der Waals surface area contributed by atoms with Gasteiger partial charge in [0, 0.05) is 51.3 Å². The number of benzene rings is 2. The maximum atomic E-state index is 14.5. The highest BCUT2D eigenvalue weighted by Gasteiger charge is 2.48. The van der Waals surface area contributed by atoms with Crippen LogP contribution >= 0.6 is 34.2 Å². The Morgan fingerprint density at radius 3 is 2.63 bits per heavy atom. The molecule has 2 aliphatic rings. The van der Waals surface area contributed by atoms with E-state index >= 15 is 0 Å². The first-order valence-corrected chi connectivity index (χ1v) is 14.1. The number of nitriles is 1. The number of nitrogens with zero attached hydrogens (tertiary/aromatic N) is 5. The minimum atomic E-state index is -2.87. The fourth-order valence-electron chi connectivity index (χ4n) is 5.02. The Bertz CT molecular complexity index is 1560. The molecule has 1 saturated carbocycles. The number of carbonyl (C=O) groups is 3. The Labute approximate surface area is 252 Å². The molecule has 2 heterocycles. The fraction of sp³-hybridized carbons (Fsp3) is 0.286. The Morgan fingerprint density at radius 2 is 1.95 bits per heavy atom. The molecule has 0 unspecified atom stereocenters. The minimum Gasteiger partial charge on any atom is -0.351 e. The van der Waals surface area contributed by atoms with E-state index in [1.165, 1.54) is 17.2 Å². The average molecular weight is 691 g/mol. The summed E-state index contributed by atoms with van der Waals surface area (Å²) in [4.78, 5) is 52.0. The first-order chi connectivity index (χ1) is 19.6. The van der Waals surface area contributed by atoms with Crippen molar-refractivity contribution in [3.8, 4) is 6.07 Å². The number of nitrogens with one attached hydrogen (secondary N) is 1. The molecule has 9 nitrogen and oxygen atoms in total. The standard InChI is InChI=1S/C28H22ClF2IN6O3/c29-21-7-2-1-6-20(21)24(25(40)35-18-13-28(30,31)14-18)37(19-5-3-4-16(32)12-19)26(41)22-8-9-23(39)38(22)27-34-11-10-17(15-33)36-27/h1-7,10-12,18,22,24H,8-9,13-14H2,(H,35,40)/t22-,24-/m0/s1. The Hall–Kier alpha value is -3.70. The predicted molar refractivity (Wildman–Crippen MR) is 154 cm³/mol. The summed E-state index contributed by atoms with van der Waals surface area (Å²) in [5, 5.41) is 12.2. The van der Waals surface area contributed by atoms with Crippen LogP contribution in [0.3, 0.4) is 0 Å². The van der Waals surface area contributed by atoms with Gasteiger partial charge in [-0.1, -0.05) is 35.9 Å². The molecule has 2 atom stereocenters. The van der Waals surface area contributed by atoms with Crippen molar-refractivity contribution < 1.29 is 23.2 Å². The first kappa shape index (κ1) is 28.8. The van der Waals surface area contributed by atoms with Crippen molar-refractivity contribution in [2.75, 3.05) is 9.80 Å². The molecule has 1 saturated heterocycles. The summed E-state index contributed by atoms with van der Waals surface area (Å²) in [5.74, 6) is -4.71. The number of halogens is 4. The number of aromatic nitrogens is 2. The van der Waals surface area contributed by atoms with Crippen LogP contribution in [0.1, 0.15) is 43.0 Å². The normalized spacial score (nSPS) is 18.8. The lowest BCUT2D eigenvalue weighted by atomic mass is 9.87. The lowest BCUT2D eigenvalue weighted by Gasteiger charge is -2.39. The molecule has 13 heteroatoms. The topological polar surface area (TPSA) is 119 Å². The van der Waals surface area contributed by atoms with Crippen LogP contribution in [0.2, 0.25) is 5.02 Å². The van der Waals surface area contributed by atoms with Crippen LogP contribution < -0.4 is 15.1 Å². The van der Waals surface area contributed by atoms with Crippen molar-refractivity contribution >= 4 is 63.5 Å². The number of hydrogen-bond acceptors (Lipinski definition) is 6. The molecule has 0 spiro atoms. The van der Waals surface area contributed by atoms with Gasteiger partial charge < -0.3 is 5.32 Å². The van der Waals surface area contributed by atoms with E-state index in [1.807, 2.05) is 6.07 Å². The number of hydrogen-bond donors (Lipinski definition) is 1. The van der Waals surface area contributed by atoms with Gasteiger partial charge in [-0.05, 0) is 59.3 Å². The molecule has 1 aliphatic carbocycles. The van der Waals surface area contributed by atoms with Gasteiger partial charge in [0.05, 0.1) is 0 Å². The second-order valence-corrected chi connectivity index (χ2v) is 11.4. The molecule has 2 aromatic carbocycles. The quantitative estimate of drug-likeness (QED) is 0.357. The van der Waals surface area contributed by atoms with E-state index in [2.05, 4.69) is 37.9 Å². The highest BCUT2D eigenvalue weighted by molar-refractivity contribution is 14.1. The second kappa shape index (κ2) is 11.7.